The zero-order valence-electron chi connectivity index (χ0n) is 14.4. The first-order valence-electron chi connectivity index (χ1n) is 9.15. The zero-order chi connectivity index (χ0) is 16.4. The standard InChI is InChI=1S/C18H27N5O/c1-14-18-19-11-17(5-8-24-13-15-3-2-4-15)23(18)7-6-22(14)12-16-9-20-21-10-16/h9-11,14-15H,2-8,12-13H2,1H3,(H,20,21)/t14-/m1/s1. The molecule has 24 heavy (non-hydrogen) atoms. The molecule has 0 spiro atoms. The zero-order valence-corrected chi connectivity index (χ0v) is 14.4. The molecule has 1 saturated carbocycles. The van der Waals surface area contributed by atoms with Crippen molar-refractivity contribution in [3.05, 3.63) is 35.7 Å². The van der Waals surface area contributed by atoms with Gasteiger partial charge in [-0.3, -0.25) is 10.00 Å². The normalized spacial score (nSPS) is 21.6. The van der Waals surface area contributed by atoms with Crippen LogP contribution < -0.4 is 0 Å². The molecular weight excluding hydrogens is 302 g/mol. The van der Waals surface area contributed by atoms with E-state index >= 15 is 0 Å². The van der Waals surface area contributed by atoms with Gasteiger partial charge in [0.15, 0.2) is 0 Å². The van der Waals surface area contributed by atoms with E-state index in [1.807, 2.05) is 18.6 Å². The molecule has 1 N–H and O–H groups in total. The van der Waals surface area contributed by atoms with Crippen molar-refractivity contribution in [1.29, 1.82) is 0 Å². The third-order valence-corrected chi connectivity index (χ3v) is 5.52. The SMILES string of the molecule is C[C@@H]1c2ncc(CCOCC3CCC3)n2CCN1Cc1cn[nH]c1. The second-order valence-corrected chi connectivity index (χ2v) is 7.13. The highest BCUT2D eigenvalue weighted by atomic mass is 16.5. The summed E-state index contributed by atoms with van der Waals surface area (Å²) in [5.41, 5.74) is 2.54. The summed E-state index contributed by atoms with van der Waals surface area (Å²) in [6.45, 7) is 6.98. The molecule has 2 aromatic rings. The maximum atomic E-state index is 5.86. The molecule has 0 saturated heterocycles. The van der Waals surface area contributed by atoms with Gasteiger partial charge in [-0.05, 0) is 25.7 Å². The molecule has 1 atom stereocenters. The van der Waals surface area contributed by atoms with Crippen LogP contribution in [0.5, 0.6) is 0 Å². The first-order chi connectivity index (χ1) is 11.8. The van der Waals surface area contributed by atoms with Gasteiger partial charge in [0.1, 0.15) is 5.82 Å². The Labute approximate surface area is 143 Å². The lowest BCUT2D eigenvalue weighted by Crippen LogP contribution is -2.37. The Kier molecular flexibility index (Phi) is 4.67. The molecule has 130 valence electrons. The molecule has 1 aliphatic heterocycles. The number of nitrogens with zero attached hydrogens (tertiary/aromatic N) is 4. The highest BCUT2D eigenvalue weighted by molar-refractivity contribution is 5.12. The van der Waals surface area contributed by atoms with Crippen LogP contribution in [0.15, 0.2) is 18.6 Å². The Hall–Kier alpha value is -1.66. The Morgan fingerprint density at radius 3 is 2.96 bits per heavy atom. The van der Waals surface area contributed by atoms with Gasteiger partial charge in [-0.25, -0.2) is 4.98 Å². The number of H-pyrrole nitrogens is 1. The topological polar surface area (TPSA) is 59.0 Å². The quantitative estimate of drug-likeness (QED) is 0.793. The summed E-state index contributed by atoms with van der Waals surface area (Å²) in [5, 5.41) is 6.93. The van der Waals surface area contributed by atoms with Crippen molar-refractivity contribution in [3.63, 3.8) is 0 Å². The van der Waals surface area contributed by atoms with E-state index in [0.717, 1.165) is 45.2 Å². The molecule has 2 aliphatic rings. The van der Waals surface area contributed by atoms with Crippen LogP contribution in [0.2, 0.25) is 0 Å². The van der Waals surface area contributed by atoms with E-state index in [1.165, 1.54) is 36.3 Å². The van der Waals surface area contributed by atoms with Gasteiger partial charge in [0, 0.05) is 56.3 Å². The highest BCUT2D eigenvalue weighted by Crippen LogP contribution is 2.28. The number of hydrogen-bond donors (Lipinski definition) is 1. The van der Waals surface area contributed by atoms with Crippen LogP contribution in [0.4, 0.5) is 0 Å². The lowest BCUT2D eigenvalue weighted by Gasteiger charge is -2.34. The van der Waals surface area contributed by atoms with Gasteiger partial charge in [-0.15, -0.1) is 0 Å². The van der Waals surface area contributed by atoms with Crippen molar-refractivity contribution in [1.82, 2.24) is 24.6 Å². The number of ether oxygens (including phenoxy) is 1. The second-order valence-electron chi connectivity index (χ2n) is 7.13. The third-order valence-electron chi connectivity index (χ3n) is 5.52. The lowest BCUT2D eigenvalue weighted by molar-refractivity contribution is 0.0711. The van der Waals surface area contributed by atoms with Gasteiger partial charge in [-0.1, -0.05) is 6.42 Å². The summed E-state index contributed by atoms with van der Waals surface area (Å²) in [5.74, 6) is 2.00. The minimum atomic E-state index is 0.332. The summed E-state index contributed by atoms with van der Waals surface area (Å²) < 4.78 is 8.25. The highest BCUT2D eigenvalue weighted by Gasteiger charge is 2.27. The van der Waals surface area contributed by atoms with E-state index < -0.39 is 0 Å². The van der Waals surface area contributed by atoms with E-state index in [2.05, 4.69) is 26.6 Å². The average molecular weight is 329 g/mol. The molecule has 0 radical (unpaired) electrons. The first-order valence-corrected chi connectivity index (χ1v) is 9.15. The Morgan fingerprint density at radius 1 is 1.29 bits per heavy atom. The van der Waals surface area contributed by atoms with E-state index in [1.54, 1.807) is 0 Å². The number of fused-ring (bicyclic) bond motifs is 1. The summed E-state index contributed by atoms with van der Waals surface area (Å²) in [7, 11) is 0. The summed E-state index contributed by atoms with van der Waals surface area (Å²) in [6.07, 6.45) is 11.0. The third kappa shape index (κ3) is 3.26. The van der Waals surface area contributed by atoms with Gasteiger partial charge < -0.3 is 9.30 Å². The van der Waals surface area contributed by atoms with Crippen LogP contribution in [0.1, 0.15) is 49.3 Å². The minimum absolute atomic E-state index is 0.332. The molecule has 2 aromatic heterocycles. The molecule has 0 amide bonds. The van der Waals surface area contributed by atoms with Crippen LogP contribution in [0.3, 0.4) is 0 Å². The van der Waals surface area contributed by atoms with Gasteiger partial charge in [-0.2, -0.15) is 5.10 Å². The Morgan fingerprint density at radius 2 is 2.21 bits per heavy atom. The Bertz CT molecular complexity index is 646. The van der Waals surface area contributed by atoms with E-state index in [0.29, 0.717) is 6.04 Å². The largest absolute Gasteiger partial charge is 0.381 e. The molecule has 6 heteroatoms. The van der Waals surface area contributed by atoms with Crippen LogP contribution in [0.25, 0.3) is 0 Å². The molecular formula is C18H27N5O. The molecule has 1 fully saturated rings. The molecule has 6 nitrogen and oxygen atoms in total. The average Bonchev–Trinajstić information content (AvgIpc) is 3.18. The molecule has 3 heterocycles. The fourth-order valence-electron chi connectivity index (χ4n) is 3.70. The smallest absolute Gasteiger partial charge is 0.126 e. The van der Waals surface area contributed by atoms with Crippen molar-refractivity contribution >= 4 is 0 Å². The number of nitrogens with one attached hydrogen (secondary N) is 1. The molecule has 0 aromatic carbocycles. The van der Waals surface area contributed by atoms with Crippen LogP contribution >= 0.6 is 0 Å². The van der Waals surface area contributed by atoms with Gasteiger partial charge in [0.25, 0.3) is 0 Å². The molecule has 0 bridgehead atoms. The summed E-state index contributed by atoms with van der Waals surface area (Å²) in [4.78, 5) is 7.16. The van der Waals surface area contributed by atoms with Gasteiger partial charge >= 0.3 is 0 Å². The maximum absolute atomic E-state index is 5.86. The monoisotopic (exact) mass is 329 g/mol. The number of aromatic nitrogens is 4. The number of aromatic amines is 1. The fourth-order valence-corrected chi connectivity index (χ4v) is 3.70. The maximum Gasteiger partial charge on any atom is 0.126 e. The number of imidazole rings is 1. The van der Waals surface area contributed by atoms with Crippen LogP contribution in [-0.2, 0) is 24.2 Å². The number of hydrogen-bond acceptors (Lipinski definition) is 4. The van der Waals surface area contributed by atoms with Crippen molar-refractivity contribution < 1.29 is 4.74 Å². The van der Waals surface area contributed by atoms with Crippen LogP contribution in [-0.4, -0.2) is 44.4 Å². The van der Waals surface area contributed by atoms with Gasteiger partial charge in [0.05, 0.1) is 18.8 Å². The predicted molar refractivity (Wildman–Crippen MR) is 91.5 cm³/mol. The second kappa shape index (κ2) is 7.07. The van der Waals surface area contributed by atoms with Crippen LogP contribution in [0, 0.1) is 5.92 Å². The van der Waals surface area contributed by atoms with Crippen molar-refractivity contribution in [2.75, 3.05) is 19.8 Å². The fraction of sp³-hybridized carbons (Fsp3) is 0.667. The first kappa shape index (κ1) is 15.8. The van der Waals surface area contributed by atoms with Gasteiger partial charge in [0.2, 0.25) is 0 Å². The van der Waals surface area contributed by atoms with E-state index in [-0.39, 0.29) is 0 Å². The summed E-state index contributed by atoms with van der Waals surface area (Å²) in [6, 6.07) is 0.332. The predicted octanol–water partition coefficient (Wildman–Crippen LogP) is 2.54. The van der Waals surface area contributed by atoms with Crippen molar-refractivity contribution in [2.45, 2.75) is 51.7 Å². The number of rotatable bonds is 7. The lowest BCUT2D eigenvalue weighted by atomic mass is 9.86. The minimum Gasteiger partial charge on any atom is -0.381 e. The molecule has 1 aliphatic carbocycles. The van der Waals surface area contributed by atoms with Crippen molar-refractivity contribution in [2.24, 2.45) is 5.92 Å². The molecule has 0 unspecified atom stereocenters. The van der Waals surface area contributed by atoms with Crippen molar-refractivity contribution in [3.8, 4) is 0 Å². The van der Waals surface area contributed by atoms with E-state index in [9.17, 15) is 0 Å². The Balaban J connectivity index is 1.33. The summed E-state index contributed by atoms with van der Waals surface area (Å²) >= 11 is 0. The van der Waals surface area contributed by atoms with E-state index in [4.69, 9.17) is 9.72 Å². The molecule has 4 rings (SSSR count).